The third-order valence-electron chi connectivity index (χ3n) is 9.09. The summed E-state index contributed by atoms with van der Waals surface area (Å²) in [5.74, 6) is 0.864. The number of benzene rings is 1. The summed E-state index contributed by atoms with van der Waals surface area (Å²) in [6, 6.07) is 9.37. The fourth-order valence-electron chi connectivity index (χ4n) is 6.65. The Bertz CT molecular complexity index is 1330. The Morgan fingerprint density at radius 1 is 0.974 bits per heavy atom. The maximum absolute atomic E-state index is 11.0. The molecule has 6 rings (SSSR count). The van der Waals surface area contributed by atoms with Crippen molar-refractivity contribution >= 4 is 16.9 Å². The van der Waals surface area contributed by atoms with Gasteiger partial charge in [-0.05, 0) is 61.8 Å². The molecule has 1 aliphatic heterocycles. The Hall–Kier alpha value is -3.00. The van der Waals surface area contributed by atoms with E-state index in [1.54, 1.807) is 6.33 Å². The molecule has 1 saturated carbocycles. The van der Waals surface area contributed by atoms with E-state index in [4.69, 9.17) is 10.7 Å². The van der Waals surface area contributed by atoms with E-state index in [0.717, 1.165) is 52.6 Å². The molecule has 0 bridgehead atoms. The second-order valence-electron chi connectivity index (χ2n) is 11.5. The van der Waals surface area contributed by atoms with Gasteiger partial charge in [-0.15, -0.1) is 0 Å². The first-order valence-electron chi connectivity index (χ1n) is 14.2. The molecule has 7 heteroatoms. The molecule has 3 N–H and O–H groups in total. The van der Waals surface area contributed by atoms with Gasteiger partial charge in [-0.2, -0.15) is 0 Å². The SMILES string of the molecule is CC1CC=CC=C1C(O)c1ccc(-c2cn(C3CCC(N4CCN(C)CC4)CC3)c3ncnc(N)c23)cc1. The lowest BCUT2D eigenvalue weighted by atomic mass is 9.86. The van der Waals surface area contributed by atoms with Gasteiger partial charge in [-0.25, -0.2) is 9.97 Å². The van der Waals surface area contributed by atoms with Gasteiger partial charge in [-0.3, -0.25) is 4.90 Å². The van der Waals surface area contributed by atoms with Crippen molar-refractivity contribution in [1.29, 1.82) is 0 Å². The molecule has 0 amide bonds. The van der Waals surface area contributed by atoms with Crippen LogP contribution in [-0.4, -0.2) is 68.7 Å². The fraction of sp³-hybridized carbons (Fsp3) is 0.484. The van der Waals surface area contributed by atoms with Crippen molar-refractivity contribution in [3.8, 4) is 11.1 Å². The van der Waals surface area contributed by atoms with Crippen LogP contribution in [0.15, 0.2) is 60.6 Å². The number of fused-ring (bicyclic) bond motifs is 1. The highest BCUT2D eigenvalue weighted by molar-refractivity contribution is 6.00. The predicted octanol–water partition coefficient (Wildman–Crippen LogP) is 4.97. The molecule has 0 spiro atoms. The van der Waals surface area contributed by atoms with Gasteiger partial charge in [0, 0.05) is 50.0 Å². The number of aliphatic hydroxyl groups excluding tert-OH is 1. The first-order valence-corrected chi connectivity index (χ1v) is 14.2. The van der Waals surface area contributed by atoms with Gasteiger partial charge < -0.3 is 20.3 Å². The number of likely N-dealkylation sites (N-methyl/N-ethyl adjacent to an activating group) is 1. The van der Waals surface area contributed by atoms with Crippen molar-refractivity contribution in [3.05, 3.63) is 66.2 Å². The lowest BCUT2D eigenvalue weighted by Crippen LogP contribution is -2.49. The first kappa shape index (κ1) is 25.3. The minimum atomic E-state index is -0.589. The van der Waals surface area contributed by atoms with Gasteiger partial charge in [0.15, 0.2) is 0 Å². The molecular formula is C31H40N6O. The molecular weight excluding hydrogens is 472 g/mol. The lowest BCUT2D eigenvalue weighted by Gasteiger charge is -2.41. The van der Waals surface area contributed by atoms with E-state index in [-0.39, 0.29) is 0 Å². The van der Waals surface area contributed by atoms with Gasteiger partial charge in [0.2, 0.25) is 0 Å². The smallest absolute Gasteiger partial charge is 0.146 e. The van der Waals surface area contributed by atoms with E-state index >= 15 is 0 Å². The van der Waals surface area contributed by atoms with Crippen molar-refractivity contribution in [2.24, 2.45) is 5.92 Å². The number of allylic oxidation sites excluding steroid dienone is 3. The van der Waals surface area contributed by atoms with E-state index in [1.807, 2.05) is 18.2 Å². The van der Waals surface area contributed by atoms with Gasteiger partial charge in [0.25, 0.3) is 0 Å². The Morgan fingerprint density at radius 3 is 2.39 bits per heavy atom. The molecule has 2 atom stereocenters. The van der Waals surface area contributed by atoms with Crippen LogP contribution in [-0.2, 0) is 0 Å². The minimum absolute atomic E-state index is 0.343. The highest BCUT2D eigenvalue weighted by atomic mass is 16.3. The van der Waals surface area contributed by atoms with Crippen LogP contribution in [0, 0.1) is 5.92 Å². The van der Waals surface area contributed by atoms with Crippen LogP contribution in [0.5, 0.6) is 0 Å². The van der Waals surface area contributed by atoms with E-state index in [0.29, 0.717) is 23.8 Å². The molecule has 3 aliphatic rings. The maximum atomic E-state index is 11.0. The summed E-state index contributed by atoms with van der Waals surface area (Å²) in [6.45, 7) is 6.88. The molecule has 1 aromatic carbocycles. The molecule has 3 aromatic rings. The van der Waals surface area contributed by atoms with Crippen molar-refractivity contribution in [1.82, 2.24) is 24.3 Å². The average Bonchev–Trinajstić information content (AvgIpc) is 3.35. The van der Waals surface area contributed by atoms with E-state index in [2.05, 4.69) is 63.8 Å². The van der Waals surface area contributed by atoms with Crippen LogP contribution >= 0.6 is 0 Å². The molecule has 3 heterocycles. The van der Waals surface area contributed by atoms with Crippen LogP contribution in [0.25, 0.3) is 22.2 Å². The Kier molecular flexibility index (Phi) is 7.08. The maximum Gasteiger partial charge on any atom is 0.146 e. The number of nitrogen functional groups attached to an aromatic ring is 1. The number of piperazine rings is 1. The summed E-state index contributed by atoms with van der Waals surface area (Å²) in [5, 5.41) is 12.0. The molecule has 38 heavy (non-hydrogen) atoms. The van der Waals surface area contributed by atoms with Crippen molar-refractivity contribution in [2.75, 3.05) is 39.0 Å². The summed E-state index contributed by atoms with van der Waals surface area (Å²) in [6.07, 6.45) is 15.2. The molecule has 0 radical (unpaired) electrons. The monoisotopic (exact) mass is 512 g/mol. The summed E-state index contributed by atoms with van der Waals surface area (Å²) in [4.78, 5) is 14.2. The fourth-order valence-corrected chi connectivity index (χ4v) is 6.65. The minimum Gasteiger partial charge on any atom is -0.384 e. The van der Waals surface area contributed by atoms with Gasteiger partial charge in [0.05, 0.1) is 5.39 Å². The molecule has 2 fully saturated rings. The van der Waals surface area contributed by atoms with Gasteiger partial charge >= 0.3 is 0 Å². The topological polar surface area (TPSA) is 83.4 Å². The Morgan fingerprint density at radius 2 is 1.68 bits per heavy atom. The van der Waals surface area contributed by atoms with Crippen molar-refractivity contribution in [2.45, 2.75) is 57.2 Å². The normalized spacial score (nSPS) is 26.0. The summed E-state index contributed by atoms with van der Waals surface area (Å²) >= 11 is 0. The van der Waals surface area contributed by atoms with Gasteiger partial charge in [-0.1, -0.05) is 49.4 Å². The quantitative estimate of drug-likeness (QED) is 0.502. The third kappa shape index (κ3) is 4.79. The van der Waals surface area contributed by atoms with Crippen molar-refractivity contribution in [3.63, 3.8) is 0 Å². The zero-order chi connectivity index (χ0) is 26.2. The zero-order valence-corrected chi connectivity index (χ0v) is 22.6. The van der Waals surface area contributed by atoms with Gasteiger partial charge in [0.1, 0.15) is 23.9 Å². The Labute approximate surface area is 225 Å². The summed E-state index contributed by atoms with van der Waals surface area (Å²) in [5.41, 5.74) is 11.5. The number of nitrogens with two attached hydrogens (primary N) is 1. The number of rotatable bonds is 5. The first-order chi connectivity index (χ1) is 18.5. The van der Waals surface area contributed by atoms with Crippen LogP contribution < -0.4 is 5.73 Å². The number of hydrogen-bond donors (Lipinski definition) is 2. The standard InChI is InChI=1S/C31H40N6O/c1-21-5-3-4-6-26(21)29(38)23-9-7-22(8-10-23)27-19-37(31-28(27)30(32)33-20-34-31)25-13-11-24(12-14-25)36-17-15-35(2)16-18-36/h3-4,6-10,19-21,24-25,29,38H,5,11-18H2,1-2H3,(H2,32,33,34). The van der Waals surface area contributed by atoms with E-state index < -0.39 is 6.10 Å². The highest BCUT2D eigenvalue weighted by Gasteiger charge is 2.30. The number of anilines is 1. The molecule has 7 nitrogen and oxygen atoms in total. The van der Waals surface area contributed by atoms with Crippen LogP contribution in [0.4, 0.5) is 5.82 Å². The van der Waals surface area contributed by atoms with E-state index in [1.165, 1.54) is 39.0 Å². The number of aromatic nitrogens is 3. The Balaban J connectivity index is 1.25. The second-order valence-corrected chi connectivity index (χ2v) is 11.5. The molecule has 1 saturated heterocycles. The second kappa shape index (κ2) is 10.6. The third-order valence-corrected chi connectivity index (χ3v) is 9.09. The van der Waals surface area contributed by atoms with Crippen molar-refractivity contribution < 1.29 is 5.11 Å². The molecule has 2 unspecified atom stereocenters. The number of hydrogen-bond acceptors (Lipinski definition) is 6. The molecule has 200 valence electrons. The van der Waals surface area contributed by atoms with Crippen LogP contribution in [0.3, 0.4) is 0 Å². The van der Waals surface area contributed by atoms with Crippen LogP contribution in [0.2, 0.25) is 0 Å². The summed E-state index contributed by atoms with van der Waals surface area (Å²) in [7, 11) is 2.22. The largest absolute Gasteiger partial charge is 0.384 e. The van der Waals surface area contributed by atoms with E-state index in [9.17, 15) is 5.11 Å². The average molecular weight is 513 g/mol. The zero-order valence-electron chi connectivity index (χ0n) is 22.6. The number of nitrogens with zero attached hydrogens (tertiary/aromatic N) is 5. The summed E-state index contributed by atoms with van der Waals surface area (Å²) < 4.78 is 2.35. The molecule has 2 aromatic heterocycles. The molecule has 2 aliphatic carbocycles. The van der Waals surface area contributed by atoms with Crippen LogP contribution in [0.1, 0.15) is 56.7 Å². The lowest BCUT2D eigenvalue weighted by molar-refractivity contribution is 0.0828. The predicted molar refractivity (Wildman–Crippen MR) is 154 cm³/mol. The number of aliphatic hydroxyl groups is 1. The highest BCUT2D eigenvalue weighted by Crippen LogP contribution is 2.40.